The fourth-order valence-electron chi connectivity index (χ4n) is 2.15. The fourth-order valence-corrected chi connectivity index (χ4v) is 2.66. The molecule has 0 aliphatic heterocycles. The maximum Gasteiger partial charge on any atom is 0.271 e. The fraction of sp³-hybridized carbons (Fsp3) is 0.222. The predicted octanol–water partition coefficient (Wildman–Crippen LogP) is 4.60. The van der Waals surface area contributed by atoms with Crippen molar-refractivity contribution in [3.8, 4) is 0 Å². The Hall–Kier alpha value is -2.04. The monoisotopic (exact) mass is 363 g/mol. The molecule has 0 saturated heterocycles. The van der Waals surface area contributed by atoms with E-state index >= 15 is 0 Å². The lowest BCUT2D eigenvalue weighted by Crippen LogP contribution is -2.20. The molecule has 4 nitrogen and oxygen atoms in total. The van der Waals surface area contributed by atoms with Crippen LogP contribution in [0.4, 0.5) is 5.69 Å². The number of nitrogens with zero attached hydrogens (tertiary/aromatic N) is 2. The highest BCUT2D eigenvalue weighted by atomic mass is 35.5. The average molecular weight is 364 g/mol. The number of hydrogen-bond donors (Lipinski definition) is 1. The third-order valence-corrected chi connectivity index (χ3v) is 4.06. The molecule has 0 spiro atoms. The highest BCUT2D eigenvalue weighted by molar-refractivity contribution is 6.37. The van der Waals surface area contributed by atoms with E-state index < -0.39 is 0 Å². The average Bonchev–Trinajstić information content (AvgIpc) is 2.56. The molecule has 2 aromatic rings. The van der Waals surface area contributed by atoms with Gasteiger partial charge in [0.15, 0.2) is 0 Å². The minimum absolute atomic E-state index is 0.267. The van der Waals surface area contributed by atoms with Gasteiger partial charge in [0.25, 0.3) is 5.91 Å². The second kappa shape index (κ2) is 8.18. The van der Waals surface area contributed by atoms with Gasteiger partial charge in [-0.1, -0.05) is 36.2 Å². The van der Waals surface area contributed by atoms with Crippen LogP contribution in [0.15, 0.2) is 47.6 Å². The van der Waals surface area contributed by atoms with Crippen LogP contribution in [0.1, 0.15) is 29.3 Å². The molecule has 0 aromatic heterocycles. The van der Waals surface area contributed by atoms with Crippen molar-refractivity contribution in [2.24, 2.45) is 5.10 Å². The third kappa shape index (κ3) is 4.49. The Morgan fingerprint density at radius 2 is 1.79 bits per heavy atom. The van der Waals surface area contributed by atoms with Gasteiger partial charge >= 0.3 is 0 Å². The van der Waals surface area contributed by atoms with Gasteiger partial charge < -0.3 is 4.90 Å². The topological polar surface area (TPSA) is 44.7 Å². The van der Waals surface area contributed by atoms with Crippen molar-refractivity contribution in [2.75, 3.05) is 19.0 Å². The van der Waals surface area contributed by atoms with E-state index in [1.807, 2.05) is 38.1 Å². The van der Waals surface area contributed by atoms with Crippen LogP contribution in [-0.4, -0.2) is 25.7 Å². The van der Waals surface area contributed by atoms with Crippen molar-refractivity contribution < 1.29 is 4.79 Å². The molecule has 6 heteroatoms. The maximum atomic E-state index is 12.2. The van der Waals surface area contributed by atoms with Crippen molar-refractivity contribution in [3.05, 3.63) is 63.6 Å². The van der Waals surface area contributed by atoms with Crippen molar-refractivity contribution in [2.45, 2.75) is 13.3 Å². The van der Waals surface area contributed by atoms with Gasteiger partial charge in [-0.05, 0) is 42.8 Å². The first kappa shape index (κ1) is 18.3. The summed E-state index contributed by atoms with van der Waals surface area (Å²) >= 11 is 12.1. The number of amides is 1. The van der Waals surface area contributed by atoms with Crippen molar-refractivity contribution in [1.82, 2.24) is 5.43 Å². The molecule has 0 fully saturated rings. The van der Waals surface area contributed by atoms with Crippen molar-refractivity contribution >= 4 is 40.5 Å². The minimum atomic E-state index is -0.267. The van der Waals surface area contributed by atoms with E-state index in [9.17, 15) is 4.79 Å². The van der Waals surface area contributed by atoms with E-state index in [0.717, 1.165) is 11.3 Å². The molecule has 0 radical (unpaired) electrons. The molecular formula is C18H19Cl2N3O. The second-order valence-corrected chi connectivity index (χ2v) is 6.26. The molecule has 1 amide bonds. The third-order valence-electron chi connectivity index (χ3n) is 3.52. The number of hydrazone groups is 1. The second-order valence-electron chi connectivity index (χ2n) is 5.42. The number of anilines is 1. The van der Waals surface area contributed by atoms with Crippen molar-refractivity contribution in [1.29, 1.82) is 0 Å². The molecule has 0 aliphatic rings. The van der Waals surface area contributed by atoms with E-state index in [1.54, 1.807) is 30.3 Å². The highest BCUT2D eigenvalue weighted by Crippen LogP contribution is 2.22. The summed E-state index contributed by atoms with van der Waals surface area (Å²) in [6, 6.07) is 12.5. The first-order valence-corrected chi connectivity index (χ1v) is 8.27. The number of halogens is 2. The summed E-state index contributed by atoms with van der Waals surface area (Å²) in [4.78, 5) is 14.2. The lowest BCUT2D eigenvalue weighted by Gasteiger charge is -2.12. The SMILES string of the molecule is CC/C(=N\NC(=O)c1ccc(N(C)C)cc1)c1ccc(Cl)cc1Cl. The Labute approximate surface area is 152 Å². The molecule has 24 heavy (non-hydrogen) atoms. The van der Waals surface area contributed by atoms with E-state index in [-0.39, 0.29) is 5.91 Å². The van der Waals surface area contributed by atoms with Crippen LogP contribution in [0.5, 0.6) is 0 Å². The lowest BCUT2D eigenvalue weighted by atomic mass is 10.1. The van der Waals surface area contributed by atoms with Gasteiger partial charge in [-0.25, -0.2) is 5.43 Å². The van der Waals surface area contributed by atoms with E-state index in [0.29, 0.717) is 27.7 Å². The van der Waals surface area contributed by atoms with Gasteiger partial charge in [-0.2, -0.15) is 5.10 Å². The van der Waals surface area contributed by atoms with Gasteiger partial charge in [-0.3, -0.25) is 4.79 Å². The minimum Gasteiger partial charge on any atom is -0.378 e. The number of carbonyl (C=O) groups excluding carboxylic acids is 1. The summed E-state index contributed by atoms with van der Waals surface area (Å²) < 4.78 is 0. The molecule has 1 N–H and O–H groups in total. The number of benzene rings is 2. The van der Waals surface area contributed by atoms with Crippen LogP contribution in [0.3, 0.4) is 0 Å². The van der Waals surface area contributed by atoms with E-state index in [1.165, 1.54) is 0 Å². The molecule has 2 aromatic carbocycles. The summed E-state index contributed by atoms with van der Waals surface area (Å²) in [5.74, 6) is -0.267. The molecule has 0 aliphatic carbocycles. The molecule has 0 unspecified atom stereocenters. The number of rotatable bonds is 5. The van der Waals surface area contributed by atoms with E-state index in [2.05, 4.69) is 10.5 Å². The van der Waals surface area contributed by atoms with Crippen LogP contribution in [0.25, 0.3) is 0 Å². The molecule has 0 bridgehead atoms. The largest absolute Gasteiger partial charge is 0.378 e. The summed E-state index contributed by atoms with van der Waals surface area (Å²) in [5.41, 5.74) is 5.60. The zero-order valence-electron chi connectivity index (χ0n) is 13.8. The van der Waals surface area contributed by atoms with Crippen LogP contribution < -0.4 is 10.3 Å². The van der Waals surface area contributed by atoms with Gasteiger partial charge in [0.2, 0.25) is 0 Å². The van der Waals surface area contributed by atoms with E-state index in [4.69, 9.17) is 23.2 Å². The Bertz CT molecular complexity index is 755. The predicted molar refractivity (Wildman–Crippen MR) is 102 cm³/mol. The molecule has 2 rings (SSSR count). The first-order valence-electron chi connectivity index (χ1n) is 7.52. The number of nitrogens with one attached hydrogen (secondary N) is 1. The zero-order valence-corrected chi connectivity index (χ0v) is 15.3. The molecule has 0 atom stereocenters. The zero-order chi connectivity index (χ0) is 17.7. The molecule has 0 heterocycles. The smallest absolute Gasteiger partial charge is 0.271 e. The first-order chi connectivity index (χ1) is 11.4. The Balaban J connectivity index is 2.16. The Kier molecular flexibility index (Phi) is 6.23. The quantitative estimate of drug-likeness (QED) is 0.622. The molecular weight excluding hydrogens is 345 g/mol. The summed E-state index contributed by atoms with van der Waals surface area (Å²) in [5, 5.41) is 5.28. The van der Waals surface area contributed by atoms with Crippen LogP contribution in [0, 0.1) is 0 Å². The van der Waals surface area contributed by atoms with Crippen molar-refractivity contribution in [3.63, 3.8) is 0 Å². The van der Waals surface area contributed by atoms with Gasteiger partial charge in [0.05, 0.1) is 10.7 Å². The van der Waals surface area contributed by atoms with Gasteiger partial charge in [0, 0.05) is 35.9 Å². The number of carbonyl (C=O) groups is 1. The summed E-state index contributed by atoms with van der Waals surface area (Å²) in [6.45, 7) is 1.95. The van der Waals surface area contributed by atoms with Crippen LogP contribution in [0.2, 0.25) is 10.0 Å². The Morgan fingerprint density at radius 1 is 1.12 bits per heavy atom. The highest BCUT2D eigenvalue weighted by Gasteiger charge is 2.09. The molecule has 126 valence electrons. The van der Waals surface area contributed by atoms with Gasteiger partial charge in [-0.15, -0.1) is 0 Å². The van der Waals surface area contributed by atoms with Crippen LogP contribution in [-0.2, 0) is 0 Å². The normalized spacial score (nSPS) is 11.3. The van der Waals surface area contributed by atoms with Gasteiger partial charge in [0.1, 0.15) is 0 Å². The lowest BCUT2D eigenvalue weighted by molar-refractivity contribution is 0.0955. The molecule has 0 saturated carbocycles. The standard InChI is InChI=1S/C18H19Cl2N3O/c1-4-17(15-10-7-13(19)11-16(15)20)21-22-18(24)12-5-8-14(9-6-12)23(2)3/h5-11H,4H2,1-3H3,(H,22,24)/b21-17+. The maximum absolute atomic E-state index is 12.2. The summed E-state index contributed by atoms with van der Waals surface area (Å²) in [7, 11) is 3.89. The summed E-state index contributed by atoms with van der Waals surface area (Å²) in [6.07, 6.45) is 0.626. The number of hydrogen-bond acceptors (Lipinski definition) is 3. The van der Waals surface area contributed by atoms with Crippen LogP contribution >= 0.6 is 23.2 Å². The Morgan fingerprint density at radius 3 is 2.33 bits per heavy atom.